The molecule has 0 saturated heterocycles. The summed E-state index contributed by atoms with van der Waals surface area (Å²) in [6.45, 7) is 0.0780. The summed E-state index contributed by atoms with van der Waals surface area (Å²) < 4.78 is 2.24. The Labute approximate surface area is 103 Å². The molecule has 14 heavy (non-hydrogen) atoms. The minimum absolute atomic E-state index is 0.0780. The molecule has 1 nitrogen and oxygen atoms in total. The number of fused-ring (bicyclic) bond motifs is 1. The minimum atomic E-state index is 0.0780. The highest BCUT2D eigenvalue weighted by Crippen LogP contribution is 2.34. The van der Waals surface area contributed by atoms with Crippen molar-refractivity contribution in [2.75, 3.05) is 0 Å². The zero-order valence-electron chi connectivity index (χ0n) is 7.26. The smallest absolute Gasteiger partial charge is 0.0699 e. The van der Waals surface area contributed by atoms with E-state index in [9.17, 15) is 5.11 Å². The summed E-state index contributed by atoms with van der Waals surface area (Å²) in [5.74, 6) is 0. The van der Waals surface area contributed by atoms with E-state index in [0.29, 0.717) is 0 Å². The van der Waals surface area contributed by atoms with Gasteiger partial charge in [-0.1, -0.05) is 31.9 Å². The van der Waals surface area contributed by atoms with E-state index < -0.39 is 0 Å². The number of thiophene rings is 1. The summed E-state index contributed by atoms with van der Waals surface area (Å²) >= 11 is 8.66. The van der Waals surface area contributed by atoms with E-state index in [1.807, 2.05) is 11.4 Å². The van der Waals surface area contributed by atoms with Gasteiger partial charge in [0.1, 0.15) is 0 Å². The first-order chi connectivity index (χ1) is 6.77. The number of benzene rings is 1. The first-order valence-corrected chi connectivity index (χ1v) is 6.91. The molecule has 1 N–H and O–H groups in total. The van der Waals surface area contributed by atoms with Crippen molar-refractivity contribution in [3.8, 4) is 0 Å². The normalized spacial score (nSPS) is 11.1. The van der Waals surface area contributed by atoms with E-state index in [1.54, 1.807) is 11.3 Å². The second kappa shape index (κ2) is 4.31. The van der Waals surface area contributed by atoms with Crippen molar-refractivity contribution in [3.05, 3.63) is 33.1 Å². The Bertz CT molecular complexity index is 464. The lowest BCUT2D eigenvalue weighted by Gasteiger charge is -2.07. The van der Waals surface area contributed by atoms with Gasteiger partial charge in [-0.25, -0.2) is 0 Å². The van der Waals surface area contributed by atoms with Crippen LogP contribution in [0.4, 0.5) is 0 Å². The highest BCUT2D eigenvalue weighted by molar-refractivity contribution is 9.10. The summed E-state index contributed by atoms with van der Waals surface area (Å²) in [6.07, 6.45) is 0. The van der Waals surface area contributed by atoms with E-state index in [0.717, 1.165) is 20.8 Å². The van der Waals surface area contributed by atoms with Gasteiger partial charge in [-0.15, -0.1) is 11.3 Å². The molecule has 0 saturated carbocycles. The molecule has 0 radical (unpaired) electrons. The van der Waals surface area contributed by atoms with Crippen LogP contribution >= 0.6 is 43.2 Å². The maximum absolute atomic E-state index is 9.31. The van der Waals surface area contributed by atoms with Crippen LogP contribution in [0.15, 0.2) is 22.0 Å². The zero-order chi connectivity index (χ0) is 10.1. The molecule has 0 fully saturated rings. The third-order valence-electron chi connectivity index (χ3n) is 2.17. The lowest BCUT2D eigenvalue weighted by molar-refractivity contribution is 0.282. The Kier molecular flexibility index (Phi) is 3.27. The van der Waals surface area contributed by atoms with Crippen LogP contribution in [0.1, 0.15) is 11.1 Å². The first-order valence-electron chi connectivity index (χ1n) is 4.12. The quantitative estimate of drug-likeness (QED) is 0.821. The Morgan fingerprint density at radius 3 is 2.86 bits per heavy atom. The van der Waals surface area contributed by atoms with Crippen molar-refractivity contribution in [2.24, 2.45) is 0 Å². The molecule has 1 aromatic carbocycles. The van der Waals surface area contributed by atoms with Crippen molar-refractivity contribution in [3.63, 3.8) is 0 Å². The standard InChI is InChI=1S/C10H8Br2OS/c11-4-6-3-9-7(1-2-14-9)8(5-13)10(6)12/h1-3,13H,4-5H2. The molecular formula is C10H8Br2OS. The van der Waals surface area contributed by atoms with Crippen LogP contribution in [0.3, 0.4) is 0 Å². The van der Waals surface area contributed by atoms with Crippen molar-refractivity contribution in [2.45, 2.75) is 11.9 Å². The van der Waals surface area contributed by atoms with Crippen LogP contribution in [0.25, 0.3) is 10.1 Å². The second-order valence-electron chi connectivity index (χ2n) is 2.95. The van der Waals surface area contributed by atoms with Crippen LogP contribution < -0.4 is 0 Å². The van der Waals surface area contributed by atoms with Gasteiger partial charge in [0.05, 0.1) is 6.61 Å². The van der Waals surface area contributed by atoms with E-state index in [-0.39, 0.29) is 6.61 Å². The molecule has 0 spiro atoms. The molecule has 0 aliphatic carbocycles. The number of halogens is 2. The van der Waals surface area contributed by atoms with Crippen molar-refractivity contribution < 1.29 is 5.11 Å². The molecule has 0 atom stereocenters. The average molecular weight is 336 g/mol. The summed E-state index contributed by atoms with van der Waals surface area (Å²) in [7, 11) is 0. The molecule has 2 rings (SSSR count). The van der Waals surface area contributed by atoms with Gasteiger partial charge in [-0.05, 0) is 28.5 Å². The van der Waals surface area contributed by atoms with Crippen molar-refractivity contribution >= 4 is 53.3 Å². The Hall–Kier alpha value is 0.1000. The van der Waals surface area contributed by atoms with Gasteiger partial charge >= 0.3 is 0 Å². The van der Waals surface area contributed by atoms with Crippen molar-refractivity contribution in [1.29, 1.82) is 0 Å². The lowest BCUT2D eigenvalue weighted by atomic mass is 10.1. The highest BCUT2D eigenvalue weighted by atomic mass is 79.9. The maximum atomic E-state index is 9.31. The monoisotopic (exact) mass is 334 g/mol. The first kappa shape index (κ1) is 10.6. The summed E-state index contributed by atoms with van der Waals surface area (Å²) in [6, 6.07) is 4.20. The molecular weight excluding hydrogens is 328 g/mol. The fourth-order valence-corrected chi connectivity index (χ4v) is 3.76. The van der Waals surface area contributed by atoms with Gasteiger partial charge in [-0.2, -0.15) is 0 Å². The van der Waals surface area contributed by atoms with Gasteiger partial charge in [0.15, 0.2) is 0 Å². The Balaban J connectivity index is 2.80. The molecule has 0 unspecified atom stereocenters. The largest absolute Gasteiger partial charge is 0.392 e. The number of rotatable bonds is 2. The number of aliphatic hydroxyl groups excluding tert-OH is 1. The van der Waals surface area contributed by atoms with Crippen LogP contribution in [0, 0.1) is 0 Å². The lowest BCUT2D eigenvalue weighted by Crippen LogP contribution is -1.90. The number of aliphatic hydroxyl groups is 1. The molecule has 2 aromatic rings. The SMILES string of the molecule is OCc1c(Br)c(CBr)cc2sccc12. The third-order valence-corrected chi connectivity index (χ3v) is 4.63. The van der Waals surface area contributed by atoms with Gasteiger partial charge < -0.3 is 5.11 Å². The molecule has 1 aromatic heterocycles. The van der Waals surface area contributed by atoms with E-state index in [1.165, 1.54) is 10.3 Å². The molecule has 74 valence electrons. The molecule has 4 heteroatoms. The van der Waals surface area contributed by atoms with E-state index in [4.69, 9.17) is 0 Å². The highest BCUT2D eigenvalue weighted by Gasteiger charge is 2.10. The Morgan fingerprint density at radius 2 is 2.21 bits per heavy atom. The summed E-state index contributed by atoms with van der Waals surface area (Å²) in [5, 5.41) is 13.3. The Morgan fingerprint density at radius 1 is 1.43 bits per heavy atom. The number of hydrogen-bond donors (Lipinski definition) is 1. The van der Waals surface area contributed by atoms with Crippen LogP contribution in [0.2, 0.25) is 0 Å². The summed E-state index contributed by atoms with van der Waals surface area (Å²) in [4.78, 5) is 0. The predicted molar refractivity (Wildman–Crippen MR) is 68.1 cm³/mol. The summed E-state index contributed by atoms with van der Waals surface area (Å²) in [5.41, 5.74) is 2.17. The van der Waals surface area contributed by atoms with Crippen LogP contribution in [0.5, 0.6) is 0 Å². The molecule has 1 heterocycles. The minimum Gasteiger partial charge on any atom is -0.392 e. The average Bonchev–Trinajstić information content (AvgIpc) is 2.64. The third kappa shape index (κ3) is 1.65. The number of hydrogen-bond acceptors (Lipinski definition) is 2. The number of alkyl halides is 1. The molecule has 0 amide bonds. The fourth-order valence-electron chi connectivity index (χ4n) is 1.47. The van der Waals surface area contributed by atoms with Crippen molar-refractivity contribution in [1.82, 2.24) is 0 Å². The van der Waals surface area contributed by atoms with Gasteiger partial charge in [0.2, 0.25) is 0 Å². The second-order valence-corrected chi connectivity index (χ2v) is 5.25. The van der Waals surface area contributed by atoms with E-state index >= 15 is 0 Å². The van der Waals surface area contributed by atoms with Gasteiger partial charge in [0.25, 0.3) is 0 Å². The predicted octanol–water partition coefficient (Wildman–Crippen LogP) is 4.05. The fraction of sp³-hybridized carbons (Fsp3) is 0.200. The van der Waals surface area contributed by atoms with E-state index in [2.05, 4.69) is 37.9 Å². The topological polar surface area (TPSA) is 20.2 Å². The molecule has 0 aliphatic heterocycles. The van der Waals surface area contributed by atoms with Gasteiger partial charge in [-0.3, -0.25) is 0 Å². The van der Waals surface area contributed by atoms with Gasteiger partial charge in [0, 0.05) is 20.1 Å². The van der Waals surface area contributed by atoms with Crippen LogP contribution in [-0.2, 0) is 11.9 Å². The maximum Gasteiger partial charge on any atom is 0.0699 e. The molecule has 0 aliphatic rings. The molecule has 0 bridgehead atoms. The zero-order valence-corrected chi connectivity index (χ0v) is 11.2. The van der Waals surface area contributed by atoms with Crippen LogP contribution in [-0.4, -0.2) is 5.11 Å².